The van der Waals surface area contributed by atoms with Crippen molar-refractivity contribution < 1.29 is 8.78 Å². The Bertz CT molecular complexity index is 628. The Balaban J connectivity index is 2.49. The van der Waals surface area contributed by atoms with E-state index in [0.717, 1.165) is 34.6 Å². The van der Waals surface area contributed by atoms with E-state index >= 15 is 0 Å². The van der Waals surface area contributed by atoms with Gasteiger partial charge in [0.25, 0.3) is 0 Å². The van der Waals surface area contributed by atoms with Crippen molar-refractivity contribution in [2.24, 2.45) is 0 Å². The molecule has 112 valence electrons. The summed E-state index contributed by atoms with van der Waals surface area (Å²) in [4.78, 5) is 0. The summed E-state index contributed by atoms with van der Waals surface area (Å²) in [6, 6.07) is 9.38. The Morgan fingerprint density at radius 1 is 1.10 bits per heavy atom. The Kier molecular flexibility index (Phi) is 5.48. The molecular weight excluding hydrogens is 336 g/mol. The summed E-state index contributed by atoms with van der Waals surface area (Å²) in [6.07, 6.45) is 0.937. The summed E-state index contributed by atoms with van der Waals surface area (Å²) < 4.78 is 28.2. The van der Waals surface area contributed by atoms with Gasteiger partial charge in [-0.3, -0.25) is 0 Å². The molecule has 0 aliphatic carbocycles. The van der Waals surface area contributed by atoms with E-state index in [1.807, 2.05) is 25.1 Å². The van der Waals surface area contributed by atoms with Gasteiger partial charge < -0.3 is 5.32 Å². The average molecular weight is 354 g/mol. The van der Waals surface area contributed by atoms with Gasteiger partial charge in [-0.25, -0.2) is 8.78 Å². The van der Waals surface area contributed by atoms with Crippen molar-refractivity contribution in [2.75, 3.05) is 6.54 Å². The largest absolute Gasteiger partial charge is 0.306 e. The number of nitrogens with one attached hydrogen (secondary N) is 1. The van der Waals surface area contributed by atoms with Crippen molar-refractivity contribution in [3.8, 4) is 0 Å². The molecule has 2 aromatic carbocycles. The summed E-state index contributed by atoms with van der Waals surface area (Å²) in [5, 5.41) is 3.35. The van der Waals surface area contributed by atoms with Gasteiger partial charge in [-0.15, -0.1) is 0 Å². The molecule has 0 spiro atoms. The lowest BCUT2D eigenvalue weighted by Gasteiger charge is -2.22. The van der Waals surface area contributed by atoms with Gasteiger partial charge in [-0.2, -0.15) is 0 Å². The lowest BCUT2D eigenvalue weighted by molar-refractivity contribution is 0.531. The Morgan fingerprint density at radius 2 is 1.86 bits per heavy atom. The highest BCUT2D eigenvalue weighted by molar-refractivity contribution is 9.10. The Hall–Kier alpha value is -1.26. The molecule has 0 radical (unpaired) electrons. The van der Waals surface area contributed by atoms with Gasteiger partial charge in [0, 0.05) is 16.1 Å². The molecular formula is C17H18BrF2N. The molecule has 0 aliphatic rings. The maximum atomic E-state index is 14.2. The van der Waals surface area contributed by atoms with Crippen molar-refractivity contribution in [2.45, 2.75) is 26.3 Å². The molecule has 0 saturated heterocycles. The van der Waals surface area contributed by atoms with E-state index < -0.39 is 11.6 Å². The van der Waals surface area contributed by atoms with Gasteiger partial charge >= 0.3 is 0 Å². The summed E-state index contributed by atoms with van der Waals surface area (Å²) in [6.45, 7) is 4.80. The number of hydrogen-bond donors (Lipinski definition) is 1. The second-order valence-corrected chi connectivity index (χ2v) is 5.97. The van der Waals surface area contributed by atoms with Gasteiger partial charge in [-0.05, 0) is 49.2 Å². The van der Waals surface area contributed by atoms with Crippen LogP contribution in [-0.2, 0) is 0 Å². The minimum atomic E-state index is -0.559. The zero-order chi connectivity index (χ0) is 15.4. The molecule has 0 fully saturated rings. The van der Waals surface area contributed by atoms with Crippen LogP contribution in [0.25, 0.3) is 0 Å². The molecule has 1 N–H and O–H groups in total. The van der Waals surface area contributed by atoms with Gasteiger partial charge in [0.2, 0.25) is 0 Å². The SMILES string of the molecule is CCCNC(c1cc(Br)ccc1C)c1ccc(F)cc1F. The van der Waals surface area contributed by atoms with E-state index in [4.69, 9.17) is 0 Å². The average Bonchev–Trinajstić information content (AvgIpc) is 2.44. The molecule has 4 heteroatoms. The molecule has 0 heterocycles. The van der Waals surface area contributed by atoms with E-state index in [2.05, 4.69) is 28.2 Å². The monoisotopic (exact) mass is 353 g/mol. The summed E-state index contributed by atoms with van der Waals surface area (Å²) in [5.74, 6) is -1.08. The second kappa shape index (κ2) is 7.14. The van der Waals surface area contributed by atoms with Crippen LogP contribution < -0.4 is 5.32 Å². The fourth-order valence-corrected chi connectivity index (χ4v) is 2.71. The number of rotatable bonds is 5. The van der Waals surface area contributed by atoms with Gasteiger partial charge in [0.05, 0.1) is 6.04 Å². The van der Waals surface area contributed by atoms with Crippen molar-refractivity contribution in [3.05, 3.63) is 69.2 Å². The van der Waals surface area contributed by atoms with Crippen LogP contribution in [0.2, 0.25) is 0 Å². The highest BCUT2D eigenvalue weighted by atomic mass is 79.9. The minimum Gasteiger partial charge on any atom is -0.306 e. The molecule has 0 saturated carbocycles. The van der Waals surface area contributed by atoms with Crippen LogP contribution in [-0.4, -0.2) is 6.54 Å². The number of halogens is 3. The van der Waals surface area contributed by atoms with Crippen LogP contribution in [0.15, 0.2) is 40.9 Å². The summed E-state index contributed by atoms with van der Waals surface area (Å²) in [7, 11) is 0. The highest BCUT2D eigenvalue weighted by Gasteiger charge is 2.19. The van der Waals surface area contributed by atoms with Gasteiger partial charge in [0.15, 0.2) is 0 Å². The first-order chi connectivity index (χ1) is 10.0. The van der Waals surface area contributed by atoms with Crippen LogP contribution in [0.5, 0.6) is 0 Å². The van der Waals surface area contributed by atoms with Crippen molar-refractivity contribution in [1.82, 2.24) is 5.32 Å². The number of benzene rings is 2. The standard InChI is InChI=1S/C17H18BrF2N/c1-3-8-21-17(14-7-6-13(19)10-16(14)20)15-9-12(18)5-4-11(15)2/h4-7,9-10,17,21H,3,8H2,1-2H3. The zero-order valence-electron chi connectivity index (χ0n) is 12.1. The lowest BCUT2D eigenvalue weighted by atomic mass is 9.94. The van der Waals surface area contributed by atoms with Crippen molar-refractivity contribution >= 4 is 15.9 Å². The molecule has 2 rings (SSSR count). The highest BCUT2D eigenvalue weighted by Crippen LogP contribution is 2.29. The fraction of sp³-hybridized carbons (Fsp3) is 0.294. The third-order valence-corrected chi connectivity index (χ3v) is 3.92. The minimum absolute atomic E-state index is 0.289. The van der Waals surface area contributed by atoms with E-state index in [0.29, 0.717) is 5.56 Å². The van der Waals surface area contributed by atoms with Crippen LogP contribution >= 0.6 is 15.9 Å². The molecule has 21 heavy (non-hydrogen) atoms. The molecule has 0 amide bonds. The van der Waals surface area contributed by atoms with Crippen molar-refractivity contribution in [1.29, 1.82) is 0 Å². The first kappa shape index (κ1) is 16.1. The number of hydrogen-bond acceptors (Lipinski definition) is 1. The van der Waals surface area contributed by atoms with Crippen LogP contribution in [0.1, 0.15) is 36.1 Å². The molecule has 0 bridgehead atoms. The molecule has 1 nitrogen and oxygen atoms in total. The molecule has 0 aromatic heterocycles. The Labute approximate surface area is 132 Å². The summed E-state index contributed by atoms with van der Waals surface area (Å²) in [5.41, 5.74) is 2.52. The Morgan fingerprint density at radius 3 is 2.52 bits per heavy atom. The van der Waals surface area contributed by atoms with Crippen LogP contribution in [0.3, 0.4) is 0 Å². The normalized spacial score (nSPS) is 12.4. The topological polar surface area (TPSA) is 12.0 Å². The quantitative estimate of drug-likeness (QED) is 0.785. The van der Waals surface area contributed by atoms with E-state index in [1.54, 1.807) is 0 Å². The molecule has 2 aromatic rings. The zero-order valence-corrected chi connectivity index (χ0v) is 13.7. The van der Waals surface area contributed by atoms with E-state index in [1.165, 1.54) is 12.1 Å². The van der Waals surface area contributed by atoms with Gasteiger partial charge in [-0.1, -0.05) is 35.0 Å². The van der Waals surface area contributed by atoms with Crippen molar-refractivity contribution in [3.63, 3.8) is 0 Å². The predicted octanol–water partition coefficient (Wildman–Crippen LogP) is 5.12. The third kappa shape index (κ3) is 3.89. The first-order valence-corrected chi connectivity index (χ1v) is 7.76. The third-order valence-electron chi connectivity index (χ3n) is 3.42. The maximum absolute atomic E-state index is 14.2. The fourth-order valence-electron chi connectivity index (χ4n) is 2.33. The molecule has 1 atom stereocenters. The lowest BCUT2D eigenvalue weighted by Crippen LogP contribution is -2.25. The van der Waals surface area contributed by atoms with Crippen LogP contribution in [0, 0.1) is 18.6 Å². The maximum Gasteiger partial charge on any atom is 0.131 e. The number of aryl methyl sites for hydroxylation is 1. The van der Waals surface area contributed by atoms with Gasteiger partial charge in [0.1, 0.15) is 11.6 Å². The second-order valence-electron chi connectivity index (χ2n) is 5.05. The molecule has 0 aliphatic heterocycles. The van der Waals surface area contributed by atoms with E-state index in [-0.39, 0.29) is 6.04 Å². The molecule has 1 unspecified atom stereocenters. The van der Waals surface area contributed by atoms with E-state index in [9.17, 15) is 8.78 Å². The van der Waals surface area contributed by atoms with Crippen LogP contribution in [0.4, 0.5) is 8.78 Å². The predicted molar refractivity (Wildman–Crippen MR) is 85.4 cm³/mol. The summed E-state index contributed by atoms with van der Waals surface area (Å²) >= 11 is 3.45. The first-order valence-electron chi connectivity index (χ1n) is 6.97. The smallest absolute Gasteiger partial charge is 0.131 e.